The van der Waals surface area contributed by atoms with Crippen molar-refractivity contribution in [2.24, 2.45) is 0 Å². The van der Waals surface area contributed by atoms with Crippen LogP contribution in [0.4, 0.5) is 10.2 Å². The van der Waals surface area contributed by atoms with Crippen LogP contribution in [-0.2, 0) is 0 Å². The van der Waals surface area contributed by atoms with E-state index >= 15 is 0 Å². The van der Waals surface area contributed by atoms with Crippen molar-refractivity contribution in [2.75, 3.05) is 24.5 Å². The monoisotopic (exact) mass is 474 g/mol. The van der Waals surface area contributed by atoms with E-state index in [2.05, 4.69) is 14.9 Å². The Morgan fingerprint density at radius 1 is 1.12 bits per heavy atom. The fourth-order valence-electron chi connectivity index (χ4n) is 3.68. The number of carbonyl (C=O) groups excluding carboxylic acids is 1. The van der Waals surface area contributed by atoms with Crippen molar-refractivity contribution >= 4 is 34.9 Å². The number of ether oxygens (including phenoxy) is 1. The minimum absolute atomic E-state index is 0.0679. The molecule has 9 heteroatoms. The van der Waals surface area contributed by atoms with E-state index in [1.807, 2.05) is 6.92 Å². The van der Waals surface area contributed by atoms with Crippen LogP contribution in [-0.4, -0.2) is 46.5 Å². The molecule has 0 bridgehead atoms. The molecule has 0 radical (unpaired) electrons. The van der Waals surface area contributed by atoms with E-state index in [0.29, 0.717) is 58.3 Å². The highest BCUT2D eigenvalue weighted by Crippen LogP contribution is 2.28. The summed E-state index contributed by atoms with van der Waals surface area (Å²) in [5, 5.41) is 0.827. The molecule has 2 aromatic carbocycles. The van der Waals surface area contributed by atoms with Crippen LogP contribution < -0.4 is 9.64 Å². The van der Waals surface area contributed by atoms with Gasteiger partial charge in [0.05, 0.1) is 10.6 Å². The van der Waals surface area contributed by atoms with Crippen LogP contribution in [0.3, 0.4) is 0 Å². The van der Waals surface area contributed by atoms with Crippen LogP contribution in [0.2, 0.25) is 10.0 Å². The van der Waals surface area contributed by atoms with Gasteiger partial charge in [-0.15, -0.1) is 0 Å². The summed E-state index contributed by atoms with van der Waals surface area (Å²) in [5.74, 6) is 1.14. The molecular weight excluding hydrogens is 454 g/mol. The number of hydrogen-bond donors (Lipinski definition) is 0. The number of carbonyl (C=O) groups is 1. The Labute approximate surface area is 195 Å². The predicted octanol–water partition coefficient (Wildman–Crippen LogP) is 5.37. The number of nitrogens with zero attached hydrogens (tertiary/aromatic N) is 4. The molecule has 1 atom stereocenters. The Kier molecular flexibility index (Phi) is 6.48. The zero-order valence-electron chi connectivity index (χ0n) is 17.6. The van der Waals surface area contributed by atoms with Gasteiger partial charge in [0.25, 0.3) is 5.91 Å². The molecule has 0 saturated carbocycles. The van der Waals surface area contributed by atoms with Crippen molar-refractivity contribution < 1.29 is 13.9 Å². The Morgan fingerprint density at radius 2 is 1.94 bits per heavy atom. The molecule has 1 aliphatic rings. The van der Waals surface area contributed by atoms with Crippen molar-refractivity contribution in [2.45, 2.75) is 19.9 Å². The fraction of sp³-hybridized carbons (Fsp3) is 0.261. The van der Waals surface area contributed by atoms with Gasteiger partial charge >= 0.3 is 0 Å². The lowest BCUT2D eigenvalue weighted by molar-refractivity contribution is 0.0674. The van der Waals surface area contributed by atoms with Gasteiger partial charge in [-0.1, -0.05) is 23.2 Å². The first-order chi connectivity index (χ1) is 15.3. The van der Waals surface area contributed by atoms with Crippen molar-refractivity contribution in [3.8, 4) is 11.6 Å². The van der Waals surface area contributed by atoms with Crippen LogP contribution in [0.1, 0.15) is 22.8 Å². The topological polar surface area (TPSA) is 58.6 Å². The number of aryl methyl sites for hydroxylation is 1. The predicted molar refractivity (Wildman–Crippen MR) is 122 cm³/mol. The molecule has 1 aromatic heterocycles. The van der Waals surface area contributed by atoms with Gasteiger partial charge in [-0.05, 0) is 55.8 Å². The van der Waals surface area contributed by atoms with Gasteiger partial charge in [-0.3, -0.25) is 4.79 Å². The number of aromatic nitrogens is 2. The molecule has 0 N–H and O–H groups in total. The molecule has 0 aliphatic carbocycles. The van der Waals surface area contributed by atoms with Gasteiger partial charge < -0.3 is 14.5 Å². The quantitative estimate of drug-likeness (QED) is 0.508. The van der Waals surface area contributed by atoms with Crippen molar-refractivity contribution in [3.05, 3.63) is 75.8 Å². The van der Waals surface area contributed by atoms with Crippen LogP contribution in [0.25, 0.3) is 0 Å². The summed E-state index contributed by atoms with van der Waals surface area (Å²) in [7, 11) is 0. The lowest BCUT2D eigenvalue weighted by Gasteiger charge is -2.40. The van der Waals surface area contributed by atoms with Gasteiger partial charge in [0.1, 0.15) is 23.7 Å². The summed E-state index contributed by atoms with van der Waals surface area (Å²) < 4.78 is 19.2. The maximum Gasteiger partial charge on any atom is 0.255 e. The molecule has 166 valence electrons. The number of benzene rings is 2. The molecule has 32 heavy (non-hydrogen) atoms. The molecule has 1 amide bonds. The number of anilines is 1. The van der Waals surface area contributed by atoms with E-state index in [1.54, 1.807) is 42.2 Å². The van der Waals surface area contributed by atoms with Gasteiger partial charge in [-0.2, -0.15) is 0 Å². The third-order valence-corrected chi connectivity index (χ3v) is 5.90. The fourth-order valence-corrected chi connectivity index (χ4v) is 4.17. The lowest BCUT2D eigenvalue weighted by Crippen LogP contribution is -2.54. The molecule has 1 saturated heterocycles. The smallest absolute Gasteiger partial charge is 0.255 e. The van der Waals surface area contributed by atoms with E-state index in [1.165, 1.54) is 18.5 Å². The standard InChI is InChI=1S/C23H21Cl2FN4O2/c1-14-9-17(26)4-6-20(14)32-22-11-21(27-13-28-22)29-7-8-30(15(2)12-29)23(31)18-5-3-16(24)10-19(18)25/h3-6,9-11,13,15H,7-8,12H2,1-2H3. The SMILES string of the molecule is Cc1cc(F)ccc1Oc1cc(N2CCN(C(=O)c3ccc(Cl)cc3Cl)C(C)C2)ncn1. The second kappa shape index (κ2) is 9.30. The third-order valence-electron chi connectivity index (χ3n) is 5.35. The molecule has 0 spiro atoms. The number of rotatable bonds is 4. The van der Waals surface area contributed by atoms with Crippen LogP contribution in [0, 0.1) is 12.7 Å². The largest absolute Gasteiger partial charge is 0.439 e. The molecule has 1 unspecified atom stereocenters. The van der Waals surface area contributed by atoms with Crippen molar-refractivity contribution in [1.82, 2.24) is 14.9 Å². The molecule has 1 fully saturated rings. The summed E-state index contributed by atoms with van der Waals surface area (Å²) in [5.41, 5.74) is 1.11. The molecule has 1 aliphatic heterocycles. The molecule has 2 heterocycles. The number of halogens is 3. The van der Waals surface area contributed by atoms with E-state index < -0.39 is 0 Å². The molecular formula is C23H21Cl2FN4O2. The van der Waals surface area contributed by atoms with Gasteiger partial charge in [0.2, 0.25) is 5.88 Å². The first-order valence-corrected chi connectivity index (χ1v) is 10.8. The molecule has 3 aromatic rings. The van der Waals surface area contributed by atoms with Crippen molar-refractivity contribution in [1.29, 1.82) is 0 Å². The third kappa shape index (κ3) is 4.79. The summed E-state index contributed by atoms with van der Waals surface area (Å²) >= 11 is 12.2. The average Bonchev–Trinajstić information content (AvgIpc) is 2.75. The Hall–Kier alpha value is -2.90. The number of hydrogen-bond acceptors (Lipinski definition) is 5. The van der Waals surface area contributed by atoms with Gasteiger partial charge in [0.15, 0.2) is 0 Å². The highest BCUT2D eigenvalue weighted by atomic mass is 35.5. The zero-order chi connectivity index (χ0) is 22.8. The Bertz CT molecular complexity index is 1160. The second-order valence-corrected chi connectivity index (χ2v) is 8.49. The zero-order valence-corrected chi connectivity index (χ0v) is 19.1. The van der Waals surface area contributed by atoms with E-state index in [4.69, 9.17) is 27.9 Å². The minimum Gasteiger partial charge on any atom is -0.439 e. The minimum atomic E-state index is -0.320. The summed E-state index contributed by atoms with van der Waals surface area (Å²) in [6.45, 7) is 5.44. The van der Waals surface area contributed by atoms with Crippen LogP contribution >= 0.6 is 23.2 Å². The number of amides is 1. The molecule has 6 nitrogen and oxygen atoms in total. The first-order valence-electron chi connectivity index (χ1n) is 10.1. The molecule has 4 rings (SSSR count). The highest BCUT2D eigenvalue weighted by molar-refractivity contribution is 6.36. The number of piperazine rings is 1. The maximum atomic E-state index is 13.3. The summed E-state index contributed by atoms with van der Waals surface area (Å²) in [6, 6.07) is 10.9. The summed E-state index contributed by atoms with van der Waals surface area (Å²) in [6.07, 6.45) is 1.43. The van der Waals surface area contributed by atoms with Gasteiger partial charge in [-0.25, -0.2) is 14.4 Å². The average molecular weight is 475 g/mol. The normalized spacial score (nSPS) is 16.2. The van der Waals surface area contributed by atoms with Crippen molar-refractivity contribution in [3.63, 3.8) is 0 Å². The van der Waals surface area contributed by atoms with E-state index in [0.717, 1.165) is 0 Å². The lowest BCUT2D eigenvalue weighted by atomic mass is 10.1. The van der Waals surface area contributed by atoms with Crippen LogP contribution in [0.15, 0.2) is 48.8 Å². The maximum absolute atomic E-state index is 13.3. The second-order valence-electron chi connectivity index (χ2n) is 7.64. The Morgan fingerprint density at radius 3 is 2.66 bits per heavy atom. The first kappa shape index (κ1) is 22.3. The van der Waals surface area contributed by atoms with E-state index in [9.17, 15) is 9.18 Å². The Balaban J connectivity index is 1.46. The summed E-state index contributed by atoms with van der Waals surface area (Å²) in [4.78, 5) is 25.4. The van der Waals surface area contributed by atoms with Gasteiger partial charge in [0, 0.05) is 36.8 Å². The van der Waals surface area contributed by atoms with E-state index in [-0.39, 0.29) is 17.8 Å². The highest BCUT2D eigenvalue weighted by Gasteiger charge is 2.30. The van der Waals surface area contributed by atoms with Crippen LogP contribution in [0.5, 0.6) is 11.6 Å².